The smallest absolute Gasteiger partial charge is 0.241 e. The maximum Gasteiger partial charge on any atom is 0.241 e. The van der Waals surface area contributed by atoms with Gasteiger partial charge in [0, 0.05) is 30.9 Å². The summed E-state index contributed by atoms with van der Waals surface area (Å²) in [5.74, 6) is 4.09. The zero-order chi connectivity index (χ0) is 24.9. The van der Waals surface area contributed by atoms with E-state index in [0.717, 1.165) is 18.8 Å². The first kappa shape index (κ1) is 23.6. The van der Waals surface area contributed by atoms with Crippen molar-refractivity contribution in [2.45, 2.75) is 20.4 Å². The summed E-state index contributed by atoms with van der Waals surface area (Å²) in [6.07, 6.45) is 1.47. The Balaban J connectivity index is 1.35. The number of aromatic nitrogens is 6. The number of hydrogen-bond acceptors (Lipinski definition) is 12. The first-order chi connectivity index (χ1) is 17.6. The molecule has 2 N–H and O–H groups in total. The summed E-state index contributed by atoms with van der Waals surface area (Å²) < 4.78 is 16.6. The number of benzene rings is 1. The molecule has 0 bridgehead atoms. The number of para-hydroxylation sites is 1. The van der Waals surface area contributed by atoms with Crippen LogP contribution in [0, 0.1) is 13.8 Å². The normalized spacial score (nSPS) is 14.0. The molecule has 12 heteroatoms. The van der Waals surface area contributed by atoms with Crippen molar-refractivity contribution in [3.63, 3.8) is 0 Å². The van der Waals surface area contributed by atoms with Crippen molar-refractivity contribution in [3.05, 3.63) is 54.1 Å². The van der Waals surface area contributed by atoms with Gasteiger partial charge in [0.1, 0.15) is 29.6 Å². The van der Waals surface area contributed by atoms with E-state index in [0.29, 0.717) is 71.8 Å². The van der Waals surface area contributed by atoms with Crippen molar-refractivity contribution in [3.8, 4) is 17.1 Å². The van der Waals surface area contributed by atoms with E-state index in [2.05, 4.69) is 45.6 Å². The summed E-state index contributed by atoms with van der Waals surface area (Å²) >= 11 is 0. The summed E-state index contributed by atoms with van der Waals surface area (Å²) in [4.78, 5) is 24.1. The van der Waals surface area contributed by atoms with Crippen LogP contribution in [0.4, 0.5) is 23.1 Å². The van der Waals surface area contributed by atoms with E-state index in [-0.39, 0.29) is 0 Å². The van der Waals surface area contributed by atoms with Crippen LogP contribution in [0.5, 0.6) is 5.75 Å². The largest absolute Gasteiger partial charge is 0.494 e. The zero-order valence-corrected chi connectivity index (χ0v) is 20.4. The fraction of sp³-hybridized carbons (Fsp3) is 0.333. The van der Waals surface area contributed by atoms with Gasteiger partial charge in [0.25, 0.3) is 0 Å². The molecule has 5 rings (SSSR count). The van der Waals surface area contributed by atoms with Crippen LogP contribution in [-0.4, -0.2) is 68.4 Å². The van der Waals surface area contributed by atoms with Gasteiger partial charge in [-0.05, 0) is 26.0 Å². The molecule has 1 aliphatic rings. The molecule has 0 unspecified atom stereocenters. The number of hydrogen-bond donors (Lipinski definition) is 2. The van der Waals surface area contributed by atoms with E-state index in [1.165, 1.54) is 6.33 Å². The summed E-state index contributed by atoms with van der Waals surface area (Å²) in [5, 5.41) is 10.7. The maximum absolute atomic E-state index is 5.73. The molecule has 4 heterocycles. The second-order valence-corrected chi connectivity index (χ2v) is 8.27. The number of anilines is 4. The van der Waals surface area contributed by atoms with Crippen molar-refractivity contribution in [1.29, 1.82) is 0 Å². The summed E-state index contributed by atoms with van der Waals surface area (Å²) in [5.41, 5.74) is 2.28. The molecule has 4 aromatic rings. The predicted octanol–water partition coefficient (Wildman–Crippen LogP) is 3.26. The van der Waals surface area contributed by atoms with E-state index >= 15 is 0 Å². The molecule has 36 heavy (non-hydrogen) atoms. The van der Waals surface area contributed by atoms with Crippen molar-refractivity contribution >= 4 is 23.1 Å². The van der Waals surface area contributed by atoms with Crippen LogP contribution in [0.15, 0.2) is 41.2 Å². The van der Waals surface area contributed by atoms with E-state index in [1.54, 1.807) is 13.2 Å². The minimum Gasteiger partial charge on any atom is -0.494 e. The van der Waals surface area contributed by atoms with Gasteiger partial charge in [-0.25, -0.2) is 19.9 Å². The molecule has 0 atom stereocenters. The van der Waals surface area contributed by atoms with E-state index in [4.69, 9.17) is 14.0 Å². The molecule has 1 aromatic carbocycles. The molecule has 1 saturated heterocycles. The summed E-state index contributed by atoms with van der Waals surface area (Å²) in [6, 6.07) is 9.31. The molecule has 0 spiro atoms. The molecule has 0 aliphatic carbocycles. The number of methoxy groups -OCH3 is 1. The Kier molecular flexibility index (Phi) is 6.96. The monoisotopic (exact) mass is 489 g/mol. The minimum atomic E-state index is 0.457. The van der Waals surface area contributed by atoms with Crippen LogP contribution >= 0.6 is 0 Å². The number of rotatable bonds is 8. The maximum atomic E-state index is 5.73. The molecule has 1 aliphatic heterocycles. The highest BCUT2D eigenvalue weighted by molar-refractivity contribution is 5.77. The van der Waals surface area contributed by atoms with Gasteiger partial charge in [-0.2, -0.15) is 4.98 Å². The highest BCUT2D eigenvalue weighted by atomic mass is 16.5. The van der Waals surface area contributed by atoms with Crippen LogP contribution in [0.2, 0.25) is 0 Å². The zero-order valence-electron chi connectivity index (χ0n) is 20.4. The lowest BCUT2D eigenvalue weighted by Crippen LogP contribution is -2.35. The highest BCUT2D eigenvalue weighted by Crippen LogP contribution is 2.36. The van der Waals surface area contributed by atoms with Crippen molar-refractivity contribution in [2.75, 3.05) is 44.0 Å². The third kappa shape index (κ3) is 5.56. The lowest BCUT2D eigenvalue weighted by molar-refractivity contribution is 0.0297. The van der Waals surface area contributed by atoms with Crippen LogP contribution < -0.4 is 15.4 Å². The Morgan fingerprint density at radius 3 is 2.56 bits per heavy atom. The molecule has 0 amide bonds. The first-order valence-electron chi connectivity index (χ1n) is 11.6. The lowest BCUT2D eigenvalue weighted by atomic mass is 10.1. The Labute approximate surface area is 208 Å². The summed E-state index contributed by atoms with van der Waals surface area (Å²) in [6.45, 7) is 7.45. The standard InChI is InChI=1S/C24H27N9O3/c1-15-11-21(28-16(2)27-15)30-20-12-19(25-14-26-20)29-18-6-4-5-17(23(18)34-3)24-31-22(36-32-24)13-33-7-9-35-10-8-33/h4-6,11-12,14H,7-10,13H2,1-3H3,(H2,25,26,27,28,29,30). The summed E-state index contributed by atoms with van der Waals surface area (Å²) in [7, 11) is 1.60. The van der Waals surface area contributed by atoms with Gasteiger partial charge in [0.15, 0.2) is 5.75 Å². The van der Waals surface area contributed by atoms with Crippen LogP contribution in [0.3, 0.4) is 0 Å². The van der Waals surface area contributed by atoms with Gasteiger partial charge in [0.05, 0.1) is 38.1 Å². The van der Waals surface area contributed by atoms with Gasteiger partial charge >= 0.3 is 0 Å². The fourth-order valence-corrected chi connectivity index (χ4v) is 3.95. The topological polar surface area (TPSA) is 136 Å². The van der Waals surface area contributed by atoms with Gasteiger partial charge in [0.2, 0.25) is 11.7 Å². The Morgan fingerprint density at radius 1 is 0.972 bits per heavy atom. The fourth-order valence-electron chi connectivity index (χ4n) is 3.95. The second kappa shape index (κ2) is 10.6. The number of nitrogens with zero attached hydrogens (tertiary/aromatic N) is 7. The second-order valence-electron chi connectivity index (χ2n) is 8.27. The quantitative estimate of drug-likeness (QED) is 0.376. The average molecular weight is 490 g/mol. The SMILES string of the molecule is COc1c(Nc2cc(Nc3cc(C)nc(C)n3)ncn2)cccc1-c1noc(CN2CCOCC2)n1. The van der Waals surface area contributed by atoms with Gasteiger partial charge < -0.3 is 24.6 Å². The van der Waals surface area contributed by atoms with Gasteiger partial charge in [-0.15, -0.1) is 0 Å². The number of ether oxygens (including phenoxy) is 2. The van der Waals surface area contributed by atoms with E-state index in [1.807, 2.05) is 38.1 Å². The Hall–Kier alpha value is -4.16. The third-order valence-electron chi connectivity index (χ3n) is 5.54. The minimum absolute atomic E-state index is 0.457. The third-order valence-corrected chi connectivity index (χ3v) is 5.54. The van der Waals surface area contributed by atoms with Crippen LogP contribution in [0.1, 0.15) is 17.4 Å². The van der Waals surface area contributed by atoms with Gasteiger partial charge in [-0.3, -0.25) is 4.90 Å². The first-order valence-corrected chi connectivity index (χ1v) is 11.6. The molecular weight excluding hydrogens is 462 g/mol. The molecule has 1 fully saturated rings. The van der Waals surface area contributed by atoms with Crippen LogP contribution in [0.25, 0.3) is 11.4 Å². The molecule has 186 valence electrons. The highest BCUT2D eigenvalue weighted by Gasteiger charge is 2.19. The molecular formula is C24H27N9O3. The molecule has 0 radical (unpaired) electrons. The predicted molar refractivity (Wildman–Crippen MR) is 132 cm³/mol. The molecule has 3 aromatic heterocycles. The average Bonchev–Trinajstić information content (AvgIpc) is 3.32. The lowest BCUT2D eigenvalue weighted by Gasteiger charge is -2.24. The van der Waals surface area contributed by atoms with Crippen molar-refractivity contribution < 1.29 is 14.0 Å². The molecule has 0 saturated carbocycles. The van der Waals surface area contributed by atoms with Gasteiger partial charge in [-0.1, -0.05) is 11.2 Å². The van der Waals surface area contributed by atoms with Crippen molar-refractivity contribution in [1.82, 2.24) is 35.0 Å². The number of nitrogens with one attached hydrogen (secondary N) is 2. The number of aryl methyl sites for hydroxylation is 2. The van der Waals surface area contributed by atoms with E-state index in [9.17, 15) is 0 Å². The number of morpholine rings is 1. The Bertz CT molecular complexity index is 1320. The van der Waals surface area contributed by atoms with Crippen LogP contribution in [-0.2, 0) is 11.3 Å². The van der Waals surface area contributed by atoms with Crippen molar-refractivity contribution in [2.24, 2.45) is 0 Å². The Morgan fingerprint density at radius 2 is 1.78 bits per heavy atom. The molecule has 12 nitrogen and oxygen atoms in total. The van der Waals surface area contributed by atoms with E-state index < -0.39 is 0 Å².